The number of carbonyl (C=O) groups excluding carboxylic acids is 3. The topological polar surface area (TPSA) is 75.7 Å². The number of likely N-dealkylation sites (N-methyl/N-ethyl adjacent to an activating group) is 1. The van der Waals surface area contributed by atoms with Crippen molar-refractivity contribution in [3.8, 4) is 5.75 Å². The highest BCUT2D eigenvalue weighted by molar-refractivity contribution is 6.03. The number of hydrogen-bond acceptors (Lipinski definition) is 4. The molecule has 1 aliphatic rings. The van der Waals surface area contributed by atoms with E-state index >= 15 is 0 Å². The number of anilines is 1. The average Bonchev–Trinajstić information content (AvgIpc) is 2.55. The maximum Gasteiger partial charge on any atom is 0.267 e. The molecule has 130 valence electrons. The Bertz CT molecular complexity index is 654. The van der Waals surface area contributed by atoms with Crippen LogP contribution in [-0.2, 0) is 9.59 Å². The highest BCUT2D eigenvalue weighted by Gasteiger charge is 2.29. The molecule has 1 aromatic carbocycles. The summed E-state index contributed by atoms with van der Waals surface area (Å²) in [6.07, 6.45) is -0.239. The van der Waals surface area contributed by atoms with Gasteiger partial charge >= 0.3 is 0 Å². The van der Waals surface area contributed by atoms with Gasteiger partial charge in [0.25, 0.3) is 5.91 Å². The van der Waals surface area contributed by atoms with Crippen LogP contribution in [0.2, 0.25) is 0 Å². The van der Waals surface area contributed by atoms with E-state index in [9.17, 15) is 14.4 Å². The molecule has 6 heteroatoms. The van der Waals surface area contributed by atoms with E-state index in [2.05, 4.69) is 5.32 Å². The highest BCUT2D eigenvalue weighted by atomic mass is 16.5. The van der Waals surface area contributed by atoms with Crippen molar-refractivity contribution in [3.63, 3.8) is 0 Å². The van der Waals surface area contributed by atoms with Crippen molar-refractivity contribution in [3.05, 3.63) is 23.8 Å². The number of hydrogen-bond donors (Lipinski definition) is 1. The van der Waals surface area contributed by atoms with Gasteiger partial charge in [-0.1, -0.05) is 13.8 Å². The Labute approximate surface area is 142 Å². The van der Waals surface area contributed by atoms with Gasteiger partial charge in [0.1, 0.15) is 5.75 Å². The van der Waals surface area contributed by atoms with Crippen molar-refractivity contribution in [2.75, 3.05) is 18.5 Å². The van der Waals surface area contributed by atoms with E-state index in [1.54, 1.807) is 32.2 Å². The van der Waals surface area contributed by atoms with E-state index in [-0.39, 0.29) is 30.4 Å². The van der Waals surface area contributed by atoms with Gasteiger partial charge in [0.15, 0.2) is 11.9 Å². The van der Waals surface area contributed by atoms with Crippen LogP contribution in [0.3, 0.4) is 0 Å². The predicted octanol–water partition coefficient (Wildman–Crippen LogP) is 2.17. The summed E-state index contributed by atoms with van der Waals surface area (Å²) in [5.74, 6) is 0.549. The second kappa shape index (κ2) is 7.47. The molecule has 2 rings (SSSR count). The maximum atomic E-state index is 12.3. The first kappa shape index (κ1) is 18.0. The van der Waals surface area contributed by atoms with Crippen molar-refractivity contribution in [1.29, 1.82) is 0 Å². The van der Waals surface area contributed by atoms with E-state index in [1.165, 1.54) is 4.90 Å². The summed E-state index contributed by atoms with van der Waals surface area (Å²) >= 11 is 0. The van der Waals surface area contributed by atoms with Crippen LogP contribution in [0.4, 0.5) is 5.69 Å². The zero-order valence-electron chi connectivity index (χ0n) is 14.6. The molecule has 6 nitrogen and oxygen atoms in total. The number of fused-ring (bicyclic) bond motifs is 1. The largest absolute Gasteiger partial charge is 0.479 e. The van der Waals surface area contributed by atoms with Crippen LogP contribution >= 0.6 is 0 Å². The van der Waals surface area contributed by atoms with Crippen LogP contribution in [0.25, 0.3) is 0 Å². The Hall–Kier alpha value is -2.37. The van der Waals surface area contributed by atoms with Crippen molar-refractivity contribution in [1.82, 2.24) is 5.32 Å². The molecule has 0 saturated carbocycles. The molecule has 24 heavy (non-hydrogen) atoms. The number of Topliss-reactive ketones (excluding diaryl/α,β-unsaturated/α-hetero) is 1. The maximum absolute atomic E-state index is 12.3. The SMILES string of the molecule is CC(C)CNC(=O)CCC(=O)c1ccc2c(c1)N(C)C(=O)C(C)O2. The minimum absolute atomic E-state index is 0.125. The lowest BCUT2D eigenvalue weighted by Gasteiger charge is -2.30. The lowest BCUT2D eigenvalue weighted by Crippen LogP contribution is -2.42. The molecule has 0 aliphatic carbocycles. The van der Waals surface area contributed by atoms with Gasteiger partial charge in [0, 0.05) is 32.0 Å². The van der Waals surface area contributed by atoms with Gasteiger partial charge in [-0.25, -0.2) is 0 Å². The molecule has 0 aromatic heterocycles. The molecular weight excluding hydrogens is 308 g/mol. The second-order valence-electron chi connectivity index (χ2n) is 6.46. The predicted molar refractivity (Wildman–Crippen MR) is 91.4 cm³/mol. The second-order valence-corrected chi connectivity index (χ2v) is 6.46. The van der Waals surface area contributed by atoms with Crippen molar-refractivity contribution in [2.45, 2.75) is 39.7 Å². The number of benzene rings is 1. The molecule has 2 amide bonds. The fraction of sp³-hybridized carbons (Fsp3) is 0.500. The van der Waals surface area contributed by atoms with Crippen LogP contribution in [0.5, 0.6) is 5.75 Å². The van der Waals surface area contributed by atoms with Gasteiger partial charge in [0.05, 0.1) is 5.69 Å². The zero-order chi connectivity index (χ0) is 17.9. The summed E-state index contributed by atoms with van der Waals surface area (Å²) in [4.78, 5) is 37.5. The van der Waals surface area contributed by atoms with Gasteiger partial charge in [-0.3, -0.25) is 14.4 Å². The summed E-state index contributed by atoms with van der Waals surface area (Å²) in [6, 6.07) is 5.01. The first-order valence-electron chi connectivity index (χ1n) is 8.17. The van der Waals surface area contributed by atoms with E-state index in [0.29, 0.717) is 29.5 Å². The van der Waals surface area contributed by atoms with Gasteiger partial charge in [0.2, 0.25) is 5.91 Å². The zero-order valence-corrected chi connectivity index (χ0v) is 14.6. The van der Waals surface area contributed by atoms with E-state index in [4.69, 9.17) is 4.74 Å². The highest BCUT2D eigenvalue weighted by Crippen LogP contribution is 2.34. The third-order valence-electron chi connectivity index (χ3n) is 3.91. The quantitative estimate of drug-likeness (QED) is 0.810. The molecule has 0 radical (unpaired) electrons. The fourth-order valence-corrected chi connectivity index (χ4v) is 2.46. The summed E-state index contributed by atoms with van der Waals surface area (Å²) in [5, 5.41) is 2.79. The minimum Gasteiger partial charge on any atom is -0.479 e. The first-order chi connectivity index (χ1) is 11.3. The number of amides is 2. The molecule has 0 saturated heterocycles. The average molecular weight is 332 g/mol. The molecule has 0 fully saturated rings. The molecule has 0 bridgehead atoms. The summed E-state index contributed by atoms with van der Waals surface area (Å²) in [6.45, 7) is 6.32. The van der Waals surface area contributed by atoms with Gasteiger partial charge in [-0.15, -0.1) is 0 Å². The fourth-order valence-electron chi connectivity index (χ4n) is 2.46. The van der Waals surface area contributed by atoms with Crippen molar-refractivity contribution < 1.29 is 19.1 Å². The Kier molecular flexibility index (Phi) is 5.59. The van der Waals surface area contributed by atoms with Crippen molar-refractivity contribution >= 4 is 23.3 Å². The smallest absolute Gasteiger partial charge is 0.267 e. The molecule has 0 spiro atoms. The Morgan fingerprint density at radius 2 is 2.00 bits per heavy atom. The summed E-state index contributed by atoms with van der Waals surface area (Å²) in [5.41, 5.74) is 1.05. The monoisotopic (exact) mass is 332 g/mol. The molecule has 1 aliphatic heterocycles. The van der Waals surface area contributed by atoms with Crippen molar-refractivity contribution in [2.24, 2.45) is 5.92 Å². The van der Waals surface area contributed by atoms with Gasteiger partial charge in [-0.05, 0) is 31.0 Å². The Balaban J connectivity index is 2.01. The third kappa shape index (κ3) is 4.13. The number of ketones is 1. The Morgan fingerprint density at radius 1 is 1.29 bits per heavy atom. The molecule has 1 unspecified atom stereocenters. The van der Waals surface area contributed by atoms with Gasteiger partial charge < -0.3 is 15.0 Å². The standard InChI is InChI=1S/C18H24N2O4/c1-11(2)10-19-17(22)8-6-15(21)13-5-7-16-14(9-13)20(4)18(23)12(3)24-16/h5,7,9,11-12H,6,8,10H2,1-4H3,(H,19,22). The van der Waals surface area contributed by atoms with E-state index in [1.807, 2.05) is 13.8 Å². The Morgan fingerprint density at radius 3 is 2.67 bits per heavy atom. The van der Waals surface area contributed by atoms with Crippen LogP contribution in [0.1, 0.15) is 44.0 Å². The molecular formula is C18H24N2O4. The molecule has 1 N–H and O–H groups in total. The molecule has 1 atom stereocenters. The lowest BCUT2D eigenvalue weighted by molar-refractivity contribution is -0.125. The first-order valence-corrected chi connectivity index (χ1v) is 8.17. The van der Waals surface area contributed by atoms with Gasteiger partial charge in [-0.2, -0.15) is 0 Å². The number of carbonyl (C=O) groups is 3. The van der Waals surface area contributed by atoms with Crippen LogP contribution in [-0.4, -0.2) is 37.3 Å². The summed E-state index contributed by atoms with van der Waals surface area (Å²) < 4.78 is 5.54. The van der Waals surface area contributed by atoms with E-state index in [0.717, 1.165) is 0 Å². The summed E-state index contributed by atoms with van der Waals surface area (Å²) in [7, 11) is 1.66. The van der Waals surface area contributed by atoms with Crippen LogP contribution < -0.4 is 15.0 Å². The third-order valence-corrected chi connectivity index (χ3v) is 3.91. The van der Waals surface area contributed by atoms with E-state index < -0.39 is 6.10 Å². The molecule has 1 heterocycles. The van der Waals surface area contributed by atoms with Crippen LogP contribution in [0.15, 0.2) is 18.2 Å². The normalized spacial score (nSPS) is 16.6. The molecule has 1 aromatic rings. The number of nitrogens with one attached hydrogen (secondary N) is 1. The minimum atomic E-state index is -0.534. The van der Waals surface area contributed by atoms with Crippen LogP contribution in [0, 0.1) is 5.92 Å². The number of ether oxygens (including phenoxy) is 1. The number of nitrogens with zero attached hydrogens (tertiary/aromatic N) is 1. The lowest BCUT2D eigenvalue weighted by atomic mass is 10.0. The number of rotatable bonds is 6.